The van der Waals surface area contributed by atoms with Crippen molar-refractivity contribution in [2.45, 2.75) is 64.5 Å². The van der Waals surface area contributed by atoms with Crippen molar-refractivity contribution in [3.8, 4) is 0 Å². The molecule has 0 saturated heterocycles. The lowest BCUT2D eigenvalue weighted by molar-refractivity contribution is -0.105. The first-order valence-corrected chi connectivity index (χ1v) is 8.59. The van der Waals surface area contributed by atoms with Gasteiger partial charge in [-0.2, -0.15) is 0 Å². The smallest absolute Gasteiger partial charge is 0.0941 e. The van der Waals surface area contributed by atoms with Crippen LogP contribution in [0.1, 0.15) is 51.5 Å². The normalized spacial score (nSPS) is 22.6. The molecule has 1 aromatic rings. The Bertz CT molecular complexity index is 393. The molecule has 0 bridgehead atoms. The molecule has 0 aliphatic heterocycles. The summed E-state index contributed by atoms with van der Waals surface area (Å²) in [5, 5.41) is 6.76. The highest BCUT2D eigenvalue weighted by molar-refractivity contribution is 7.09. The van der Waals surface area contributed by atoms with Crippen molar-refractivity contribution < 1.29 is 4.74 Å². The van der Waals surface area contributed by atoms with E-state index < -0.39 is 0 Å². The summed E-state index contributed by atoms with van der Waals surface area (Å²) in [5.74, 6) is 0. The maximum Gasteiger partial charge on any atom is 0.0941 e. The summed E-state index contributed by atoms with van der Waals surface area (Å²) >= 11 is 1.74. The first-order chi connectivity index (χ1) is 9.51. The van der Waals surface area contributed by atoms with E-state index in [9.17, 15) is 0 Å². The van der Waals surface area contributed by atoms with Gasteiger partial charge in [0, 0.05) is 30.6 Å². The van der Waals surface area contributed by atoms with Crippen molar-refractivity contribution in [3.05, 3.63) is 16.6 Å². The second kappa shape index (κ2) is 6.54. The van der Waals surface area contributed by atoms with Crippen molar-refractivity contribution in [2.75, 3.05) is 13.7 Å². The molecule has 0 amide bonds. The van der Waals surface area contributed by atoms with Crippen LogP contribution in [0.5, 0.6) is 0 Å². The average Bonchev–Trinajstić information content (AvgIpc) is 2.92. The van der Waals surface area contributed by atoms with Gasteiger partial charge >= 0.3 is 0 Å². The lowest BCUT2D eigenvalue weighted by atomic mass is 9.68. The number of thiazole rings is 1. The molecule has 1 heterocycles. The third-order valence-corrected chi connectivity index (χ3v) is 5.53. The molecule has 20 heavy (non-hydrogen) atoms. The highest BCUT2D eigenvalue weighted by atomic mass is 32.1. The van der Waals surface area contributed by atoms with E-state index in [0.717, 1.165) is 25.9 Å². The van der Waals surface area contributed by atoms with Crippen LogP contribution in [-0.4, -0.2) is 30.3 Å². The summed E-state index contributed by atoms with van der Waals surface area (Å²) in [7, 11) is 2.05. The fraction of sp³-hybridized carbons (Fsp3) is 0.812. The zero-order valence-corrected chi connectivity index (χ0v) is 14.1. The zero-order chi connectivity index (χ0) is 14.6. The van der Waals surface area contributed by atoms with Gasteiger partial charge in [0.1, 0.15) is 0 Å². The van der Waals surface area contributed by atoms with Gasteiger partial charge in [-0.1, -0.05) is 13.8 Å². The molecule has 1 aliphatic carbocycles. The summed E-state index contributed by atoms with van der Waals surface area (Å²) in [6.07, 6.45) is 7.63. The molecule has 1 aliphatic rings. The zero-order valence-electron chi connectivity index (χ0n) is 13.2. The van der Waals surface area contributed by atoms with E-state index in [1.165, 1.54) is 17.8 Å². The summed E-state index contributed by atoms with van der Waals surface area (Å²) in [6, 6.07) is 0.352. The Hall–Kier alpha value is -0.450. The molecule has 114 valence electrons. The molecule has 2 rings (SSSR count). The number of nitrogens with zero attached hydrogens (tertiary/aromatic N) is 1. The topological polar surface area (TPSA) is 34.1 Å². The number of hydrogen-bond acceptors (Lipinski definition) is 4. The fourth-order valence-corrected chi connectivity index (χ4v) is 3.97. The molecule has 1 atom stereocenters. The molecule has 1 saturated carbocycles. The summed E-state index contributed by atoms with van der Waals surface area (Å²) in [5.41, 5.74) is 0.435. The molecule has 0 aromatic carbocycles. The molecule has 0 radical (unpaired) electrons. The fourth-order valence-electron chi connectivity index (χ4n) is 3.31. The van der Waals surface area contributed by atoms with E-state index in [1.54, 1.807) is 11.3 Å². The maximum absolute atomic E-state index is 6.28. The molecular weight excluding hydrogens is 268 g/mol. The van der Waals surface area contributed by atoms with E-state index in [4.69, 9.17) is 4.74 Å². The number of aromatic nitrogens is 1. The van der Waals surface area contributed by atoms with Gasteiger partial charge in [0.25, 0.3) is 0 Å². The number of nitrogens with one attached hydrogen (secondary N) is 1. The largest absolute Gasteiger partial charge is 0.374 e. The van der Waals surface area contributed by atoms with Crippen molar-refractivity contribution in [1.82, 2.24) is 10.3 Å². The van der Waals surface area contributed by atoms with Gasteiger partial charge in [0.15, 0.2) is 0 Å². The minimum Gasteiger partial charge on any atom is -0.374 e. The van der Waals surface area contributed by atoms with E-state index in [0.29, 0.717) is 11.5 Å². The van der Waals surface area contributed by atoms with Gasteiger partial charge in [-0.05, 0) is 45.1 Å². The van der Waals surface area contributed by atoms with Crippen molar-refractivity contribution in [2.24, 2.45) is 5.41 Å². The van der Waals surface area contributed by atoms with Crippen LogP contribution < -0.4 is 5.32 Å². The predicted molar refractivity (Wildman–Crippen MR) is 85.3 cm³/mol. The predicted octanol–water partition coefficient (Wildman–Crippen LogP) is 3.65. The van der Waals surface area contributed by atoms with Crippen LogP contribution in [-0.2, 0) is 11.2 Å². The Morgan fingerprint density at radius 3 is 2.55 bits per heavy atom. The van der Waals surface area contributed by atoms with E-state index in [1.807, 2.05) is 6.20 Å². The second-order valence-electron chi connectivity index (χ2n) is 6.63. The summed E-state index contributed by atoms with van der Waals surface area (Å²) in [6.45, 7) is 7.64. The van der Waals surface area contributed by atoms with E-state index in [2.05, 4.69) is 43.5 Å². The monoisotopic (exact) mass is 296 g/mol. The van der Waals surface area contributed by atoms with Gasteiger partial charge in [0.05, 0.1) is 10.6 Å². The van der Waals surface area contributed by atoms with Crippen molar-refractivity contribution >= 4 is 11.3 Å². The van der Waals surface area contributed by atoms with Gasteiger partial charge in [-0.3, -0.25) is 0 Å². The van der Waals surface area contributed by atoms with Gasteiger partial charge in [-0.25, -0.2) is 4.98 Å². The van der Waals surface area contributed by atoms with Gasteiger partial charge < -0.3 is 10.1 Å². The van der Waals surface area contributed by atoms with Crippen LogP contribution in [0.4, 0.5) is 0 Å². The lowest BCUT2D eigenvalue weighted by Crippen LogP contribution is -2.55. The molecule has 1 unspecified atom stereocenters. The van der Waals surface area contributed by atoms with Crippen LogP contribution in [0.2, 0.25) is 0 Å². The Morgan fingerprint density at radius 2 is 2.05 bits per heavy atom. The highest BCUT2D eigenvalue weighted by Crippen LogP contribution is 2.44. The summed E-state index contributed by atoms with van der Waals surface area (Å²) < 4.78 is 6.28. The molecule has 1 N–H and O–H groups in total. The standard InChI is InChI=1S/C16H28N2OS/c1-5-19-16(8-6-15(2,3)7-9-16)13(17-4)12-14-18-10-11-20-14/h10-11,13,17H,5-9,12H2,1-4H3. The average molecular weight is 296 g/mol. The molecular formula is C16H28N2OS. The first kappa shape index (κ1) is 15.9. The Morgan fingerprint density at radius 1 is 1.35 bits per heavy atom. The van der Waals surface area contributed by atoms with Crippen LogP contribution in [0.3, 0.4) is 0 Å². The number of hydrogen-bond donors (Lipinski definition) is 1. The highest BCUT2D eigenvalue weighted by Gasteiger charge is 2.44. The van der Waals surface area contributed by atoms with Crippen LogP contribution in [0.15, 0.2) is 11.6 Å². The van der Waals surface area contributed by atoms with E-state index in [-0.39, 0.29) is 5.60 Å². The minimum atomic E-state index is -0.0231. The minimum absolute atomic E-state index is 0.0231. The van der Waals surface area contributed by atoms with Crippen LogP contribution in [0, 0.1) is 5.41 Å². The van der Waals surface area contributed by atoms with Crippen LogP contribution in [0.25, 0.3) is 0 Å². The van der Waals surface area contributed by atoms with Gasteiger partial charge in [0.2, 0.25) is 0 Å². The molecule has 1 aromatic heterocycles. The quantitative estimate of drug-likeness (QED) is 0.870. The third kappa shape index (κ3) is 3.60. The molecule has 1 fully saturated rings. The SMILES string of the molecule is CCOC1(C(Cc2nccs2)NC)CCC(C)(C)CC1. The number of likely N-dealkylation sites (N-methyl/N-ethyl adjacent to an activating group) is 1. The number of ether oxygens (including phenoxy) is 1. The second-order valence-corrected chi connectivity index (χ2v) is 7.61. The molecule has 4 heteroatoms. The van der Waals surface area contributed by atoms with Crippen molar-refractivity contribution in [3.63, 3.8) is 0 Å². The lowest BCUT2D eigenvalue weighted by Gasteiger charge is -2.47. The third-order valence-electron chi connectivity index (χ3n) is 4.73. The van der Waals surface area contributed by atoms with Gasteiger partial charge in [-0.15, -0.1) is 11.3 Å². The first-order valence-electron chi connectivity index (χ1n) is 7.71. The van der Waals surface area contributed by atoms with E-state index >= 15 is 0 Å². The molecule has 0 spiro atoms. The number of rotatable bonds is 6. The van der Waals surface area contributed by atoms with Crippen LogP contribution >= 0.6 is 11.3 Å². The Kier molecular flexibility index (Phi) is 5.21. The molecule has 3 nitrogen and oxygen atoms in total. The summed E-state index contributed by atoms with van der Waals surface area (Å²) in [4.78, 5) is 4.44. The maximum atomic E-state index is 6.28. The van der Waals surface area contributed by atoms with Crippen molar-refractivity contribution in [1.29, 1.82) is 0 Å². The Balaban J connectivity index is 2.13. The Labute approximate surface area is 127 Å².